The van der Waals surface area contributed by atoms with Crippen molar-refractivity contribution in [3.05, 3.63) is 59.2 Å². The minimum Gasteiger partial charge on any atom is -0.487 e. The Morgan fingerprint density at radius 2 is 2.04 bits per heavy atom. The molecule has 1 heterocycles. The summed E-state index contributed by atoms with van der Waals surface area (Å²) in [5.41, 5.74) is 8.98. The lowest BCUT2D eigenvalue weighted by Gasteiger charge is -2.38. The van der Waals surface area contributed by atoms with Crippen LogP contribution in [0.25, 0.3) is 0 Å². The molecule has 0 aliphatic carbocycles. The van der Waals surface area contributed by atoms with E-state index < -0.39 is 0 Å². The van der Waals surface area contributed by atoms with Gasteiger partial charge in [-0.1, -0.05) is 25.1 Å². The first-order valence-corrected chi connectivity index (χ1v) is 8.37. The summed E-state index contributed by atoms with van der Waals surface area (Å²) in [5.74, 6) is 0.734. The number of aryl methyl sites for hydroxylation is 1. The monoisotopic (exact) mass is 324 g/mol. The second kappa shape index (κ2) is 6.19. The fraction of sp³-hybridized carbons (Fsp3) is 0.350. The van der Waals surface area contributed by atoms with Crippen LogP contribution in [0.5, 0.6) is 5.75 Å². The van der Waals surface area contributed by atoms with Crippen LogP contribution < -0.4 is 15.8 Å². The Balaban J connectivity index is 1.92. The Kier molecular flexibility index (Phi) is 4.22. The van der Waals surface area contributed by atoms with Crippen molar-refractivity contribution in [1.82, 2.24) is 5.32 Å². The number of nitrogens with one attached hydrogen (secondary N) is 1. The molecule has 0 spiro atoms. The van der Waals surface area contributed by atoms with Crippen molar-refractivity contribution in [2.45, 2.75) is 45.3 Å². The smallest absolute Gasteiger partial charge is 0.252 e. The molecule has 1 aliphatic rings. The van der Waals surface area contributed by atoms with Crippen LogP contribution >= 0.6 is 0 Å². The van der Waals surface area contributed by atoms with Crippen molar-refractivity contribution in [2.24, 2.45) is 0 Å². The third-order valence-electron chi connectivity index (χ3n) is 4.44. The molecule has 3 rings (SSSR count). The van der Waals surface area contributed by atoms with Gasteiger partial charge in [-0.15, -0.1) is 0 Å². The molecule has 0 fully saturated rings. The maximum Gasteiger partial charge on any atom is 0.252 e. The number of ether oxygens (including phenoxy) is 1. The maximum absolute atomic E-state index is 12.8. The second-order valence-electron chi connectivity index (χ2n) is 6.90. The first kappa shape index (κ1) is 16.4. The minimum absolute atomic E-state index is 0.0523. The van der Waals surface area contributed by atoms with Crippen molar-refractivity contribution < 1.29 is 9.53 Å². The molecule has 4 nitrogen and oxygen atoms in total. The summed E-state index contributed by atoms with van der Waals surface area (Å²) in [5, 5.41) is 3.17. The highest BCUT2D eigenvalue weighted by atomic mass is 16.5. The van der Waals surface area contributed by atoms with Gasteiger partial charge in [0.1, 0.15) is 11.4 Å². The van der Waals surface area contributed by atoms with E-state index in [2.05, 4.69) is 12.2 Å². The standard InChI is InChI=1S/C20H24N2O2/c1-4-13-7-5-6-8-15(13)19(23)22-17-12-20(2,3)24-18-10-9-14(21)11-16(17)18/h5-11,17H,4,12,21H2,1-3H3,(H,22,23). The number of fused-ring (bicyclic) bond motifs is 1. The predicted molar refractivity (Wildman–Crippen MR) is 96.2 cm³/mol. The van der Waals surface area contributed by atoms with E-state index in [-0.39, 0.29) is 17.6 Å². The van der Waals surface area contributed by atoms with Gasteiger partial charge in [-0.05, 0) is 50.1 Å². The molecule has 1 aliphatic heterocycles. The highest BCUT2D eigenvalue weighted by Gasteiger charge is 2.34. The number of anilines is 1. The molecule has 0 bridgehead atoms. The van der Waals surface area contributed by atoms with Crippen molar-refractivity contribution in [3.63, 3.8) is 0 Å². The molecule has 0 radical (unpaired) electrons. The summed E-state index contributed by atoms with van der Waals surface area (Å²) in [6, 6.07) is 13.2. The molecule has 3 N–H and O–H groups in total. The number of carbonyl (C=O) groups is 1. The van der Waals surface area contributed by atoms with Gasteiger partial charge in [-0.25, -0.2) is 0 Å². The van der Waals surface area contributed by atoms with Gasteiger partial charge in [0.15, 0.2) is 0 Å². The SMILES string of the molecule is CCc1ccccc1C(=O)NC1CC(C)(C)Oc2ccc(N)cc21. The summed E-state index contributed by atoms with van der Waals surface area (Å²) in [6.07, 6.45) is 1.52. The third kappa shape index (κ3) is 3.23. The molecule has 2 aromatic rings. The van der Waals surface area contributed by atoms with E-state index >= 15 is 0 Å². The average Bonchev–Trinajstić information content (AvgIpc) is 2.54. The van der Waals surface area contributed by atoms with E-state index in [9.17, 15) is 4.79 Å². The summed E-state index contributed by atoms with van der Waals surface area (Å²) in [6.45, 7) is 6.12. The maximum atomic E-state index is 12.8. The van der Waals surface area contributed by atoms with Crippen molar-refractivity contribution in [1.29, 1.82) is 0 Å². The summed E-state index contributed by atoms with van der Waals surface area (Å²) in [7, 11) is 0. The van der Waals surface area contributed by atoms with Gasteiger partial charge in [0.05, 0.1) is 6.04 Å². The molecule has 24 heavy (non-hydrogen) atoms. The number of carbonyl (C=O) groups excluding carboxylic acids is 1. The number of nitrogens with two attached hydrogens (primary N) is 1. The molecular formula is C20H24N2O2. The lowest BCUT2D eigenvalue weighted by molar-refractivity contribution is 0.0620. The quantitative estimate of drug-likeness (QED) is 0.843. The van der Waals surface area contributed by atoms with Crippen LogP contribution in [0.2, 0.25) is 0 Å². The largest absolute Gasteiger partial charge is 0.487 e. The van der Waals surface area contributed by atoms with Gasteiger partial charge in [0, 0.05) is 23.2 Å². The van der Waals surface area contributed by atoms with Gasteiger partial charge in [0.25, 0.3) is 5.91 Å². The number of benzene rings is 2. The van der Waals surface area contributed by atoms with E-state index in [0.29, 0.717) is 12.1 Å². The number of nitrogen functional groups attached to an aromatic ring is 1. The van der Waals surface area contributed by atoms with Crippen molar-refractivity contribution >= 4 is 11.6 Å². The summed E-state index contributed by atoms with van der Waals surface area (Å²) in [4.78, 5) is 12.8. The Labute approximate surface area is 143 Å². The van der Waals surface area contributed by atoms with Crippen molar-refractivity contribution in [3.8, 4) is 5.75 Å². The van der Waals surface area contributed by atoms with E-state index in [1.54, 1.807) is 0 Å². The summed E-state index contributed by atoms with van der Waals surface area (Å²) < 4.78 is 6.03. The molecule has 0 saturated heterocycles. The lowest BCUT2D eigenvalue weighted by atomic mass is 9.89. The Hall–Kier alpha value is -2.49. The van der Waals surface area contributed by atoms with Crippen LogP contribution in [-0.4, -0.2) is 11.5 Å². The average molecular weight is 324 g/mol. The van der Waals surface area contributed by atoms with Gasteiger partial charge < -0.3 is 15.8 Å². The highest BCUT2D eigenvalue weighted by molar-refractivity contribution is 5.96. The Bertz CT molecular complexity index is 768. The van der Waals surface area contributed by atoms with Gasteiger partial charge in [0.2, 0.25) is 0 Å². The van der Waals surface area contributed by atoms with E-state index in [4.69, 9.17) is 10.5 Å². The van der Waals surface area contributed by atoms with E-state index in [1.807, 2.05) is 56.3 Å². The zero-order valence-corrected chi connectivity index (χ0v) is 14.4. The number of hydrogen-bond donors (Lipinski definition) is 2. The number of amides is 1. The molecular weight excluding hydrogens is 300 g/mol. The number of hydrogen-bond acceptors (Lipinski definition) is 3. The molecule has 0 saturated carbocycles. The predicted octanol–water partition coefficient (Wildman–Crippen LogP) is 3.86. The lowest BCUT2D eigenvalue weighted by Crippen LogP contribution is -2.41. The van der Waals surface area contributed by atoms with Crippen molar-refractivity contribution in [2.75, 3.05) is 5.73 Å². The van der Waals surface area contributed by atoms with Crippen LogP contribution in [0.3, 0.4) is 0 Å². The normalized spacial score (nSPS) is 18.4. The summed E-state index contributed by atoms with van der Waals surface area (Å²) >= 11 is 0. The molecule has 1 amide bonds. The van der Waals surface area contributed by atoms with E-state index in [1.165, 1.54) is 0 Å². The molecule has 4 heteroatoms. The highest BCUT2D eigenvalue weighted by Crippen LogP contribution is 2.40. The third-order valence-corrected chi connectivity index (χ3v) is 4.44. The van der Waals surface area contributed by atoms with Gasteiger partial charge in [-0.3, -0.25) is 4.79 Å². The fourth-order valence-corrected chi connectivity index (χ4v) is 3.29. The van der Waals surface area contributed by atoms with E-state index in [0.717, 1.165) is 28.9 Å². The molecule has 1 unspecified atom stereocenters. The zero-order chi connectivity index (χ0) is 17.3. The van der Waals surface area contributed by atoms with Crippen LogP contribution in [0.4, 0.5) is 5.69 Å². The fourth-order valence-electron chi connectivity index (χ4n) is 3.29. The molecule has 1 atom stereocenters. The van der Waals surface area contributed by atoms with Crippen LogP contribution in [0, 0.1) is 0 Å². The van der Waals surface area contributed by atoms with Gasteiger partial charge in [-0.2, -0.15) is 0 Å². The first-order valence-electron chi connectivity index (χ1n) is 8.37. The molecule has 126 valence electrons. The van der Waals surface area contributed by atoms with Crippen LogP contribution in [0.15, 0.2) is 42.5 Å². The first-order chi connectivity index (χ1) is 11.4. The molecule has 2 aromatic carbocycles. The molecule has 0 aromatic heterocycles. The van der Waals surface area contributed by atoms with Crippen LogP contribution in [0.1, 0.15) is 54.7 Å². The Morgan fingerprint density at radius 1 is 1.29 bits per heavy atom. The second-order valence-corrected chi connectivity index (χ2v) is 6.90. The van der Waals surface area contributed by atoms with Gasteiger partial charge >= 0.3 is 0 Å². The topological polar surface area (TPSA) is 64.3 Å². The Morgan fingerprint density at radius 3 is 2.79 bits per heavy atom. The van der Waals surface area contributed by atoms with Crippen LogP contribution in [-0.2, 0) is 6.42 Å². The zero-order valence-electron chi connectivity index (χ0n) is 14.4. The number of rotatable bonds is 3. The minimum atomic E-state index is -0.342.